The number of fused-ring (bicyclic) bond motifs is 1. The Labute approximate surface area is 198 Å². The molecule has 3 aliphatic rings. The lowest BCUT2D eigenvalue weighted by Gasteiger charge is -2.39. The van der Waals surface area contributed by atoms with Crippen molar-refractivity contribution in [1.29, 1.82) is 0 Å². The predicted octanol–water partition coefficient (Wildman–Crippen LogP) is 3.92. The van der Waals surface area contributed by atoms with E-state index in [9.17, 15) is 9.59 Å². The fourth-order valence-corrected chi connectivity index (χ4v) is 6.62. The molecule has 0 radical (unpaired) electrons. The van der Waals surface area contributed by atoms with Crippen LogP contribution in [0.2, 0.25) is 0 Å². The summed E-state index contributed by atoms with van der Waals surface area (Å²) in [6, 6.07) is 12.6. The van der Waals surface area contributed by atoms with Gasteiger partial charge < -0.3 is 15.1 Å². The van der Waals surface area contributed by atoms with Gasteiger partial charge in [0.2, 0.25) is 0 Å². The summed E-state index contributed by atoms with van der Waals surface area (Å²) < 4.78 is 0. The van der Waals surface area contributed by atoms with E-state index in [2.05, 4.69) is 34.5 Å². The summed E-state index contributed by atoms with van der Waals surface area (Å²) >= 11 is 7.10. The summed E-state index contributed by atoms with van der Waals surface area (Å²) in [5.74, 6) is 0.0777. The second-order valence-corrected chi connectivity index (χ2v) is 11.0. The van der Waals surface area contributed by atoms with Gasteiger partial charge in [-0.2, -0.15) is 0 Å². The molecule has 2 fully saturated rings. The number of nitrogens with one attached hydrogen (secondary N) is 1. The minimum atomic E-state index is 0.0174. The fourth-order valence-electron chi connectivity index (χ4n) is 5.43. The third-order valence-electron chi connectivity index (χ3n) is 7.38. The zero-order valence-corrected chi connectivity index (χ0v) is 20.1. The number of nitrogens with zero attached hydrogens (tertiary/aromatic N) is 2. The average Bonchev–Trinajstić information content (AvgIpc) is 3.52. The number of thiophene rings is 1. The molecule has 1 aromatic heterocycles. The Bertz CT molecular complexity index is 1030. The van der Waals surface area contributed by atoms with Gasteiger partial charge in [0.1, 0.15) is 0 Å². The molecule has 7 heteroatoms. The quantitative estimate of drug-likeness (QED) is 0.548. The first-order valence-corrected chi connectivity index (χ1v) is 12.7. The molecule has 0 saturated carbocycles. The van der Waals surface area contributed by atoms with Gasteiger partial charge in [-0.1, -0.05) is 24.3 Å². The lowest BCUT2D eigenvalue weighted by molar-refractivity contribution is 0.0603. The number of benzene rings is 1. The molecule has 1 aliphatic carbocycles. The first kappa shape index (κ1) is 21.6. The van der Waals surface area contributed by atoms with Crippen LogP contribution in [0.15, 0.2) is 36.4 Å². The predicted molar refractivity (Wildman–Crippen MR) is 131 cm³/mol. The summed E-state index contributed by atoms with van der Waals surface area (Å²) in [7, 11) is 0. The van der Waals surface area contributed by atoms with E-state index < -0.39 is 0 Å². The van der Waals surface area contributed by atoms with Crippen molar-refractivity contribution in [2.45, 2.75) is 45.1 Å². The van der Waals surface area contributed by atoms with Crippen molar-refractivity contribution in [3.63, 3.8) is 0 Å². The van der Waals surface area contributed by atoms with Gasteiger partial charge in [0.05, 0.1) is 9.75 Å². The molecule has 1 aromatic carbocycles. The van der Waals surface area contributed by atoms with Crippen molar-refractivity contribution < 1.29 is 9.59 Å². The number of carbonyl (C=O) groups is 2. The van der Waals surface area contributed by atoms with Crippen LogP contribution in [0.4, 0.5) is 0 Å². The van der Waals surface area contributed by atoms with Crippen LogP contribution in [-0.2, 0) is 12.8 Å². The van der Waals surface area contributed by atoms with Crippen LogP contribution in [0.3, 0.4) is 0 Å². The maximum Gasteiger partial charge on any atom is 0.263 e. The highest BCUT2D eigenvalue weighted by atomic mass is 32.1. The van der Waals surface area contributed by atoms with Crippen molar-refractivity contribution in [3.8, 4) is 0 Å². The van der Waals surface area contributed by atoms with E-state index in [1.807, 2.05) is 4.90 Å². The smallest absolute Gasteiger partial charge is 0.263 e. The van der Waals surface area contributed by atoms with E-state index in [1.54, 1.807) is 19.1 Å². The molecule has 5 nitrogen and oxygen atoms in total. The molecule has 168 valence electrons. The van der Waals surface area contributed by atoms with Crippen LogP contribution >= 0.6 is 23.6 Å². The van der Waals surface area contributed by atoms with E-state index in [0.717, 1.165) is 63.4 Å². The Balaban J connectivity index is 1.13. The fraction of sp³-hybridized carbons (Fsp3) is 0.480. The van der Waals surface area contributed by atoms with Crippen LogP contribution in [0.25, 0.3) is 0 Å². The van der Waals surface area contributed by atoms with Gasteiger partial charge in [0.15, 0.2) is 10.9 Å². The molecule has 3 heterocycles. The largest absolute Gasteiger partial charge is 0.359 e. The monoisotopic (exact) mass is 467 g/mol. The average molecular weight is 468 g/mol. The second-order valence-electron chi connectivity index (χ2n) is 9.51. The number of rotatable bonds is 3. The van der Waals surface area contributed by atoms with Crippen LogP contribution in [-0.4, -0.2) is 58.8 Å². The third kappa shape index (κ3) is 4.20. The number of amides is 1. The maximum atomic E-state index is 12.9. The number of carbonyl (C=O) groups excluding carboxylic acids is 2. The number of ketones is 1. The zero-order chi connectivity index (χ0) is 22.3. The van der Waals surface area contributed by atoms with Crippen LogP contribution in [0.5, 0.6) is 0 Å². The Kier molecular flexibility index (Phi) is 5.80. The summed E-state index contributed by atoms with van der Waals surface area (Å²) in [5.41, 5.74) is 3.12. The van der Waals surface area contributed by atoms with Gasteiger partial charge in [-0.3, -0.25) is 9.59 Å². The van der Waals surface area contributed by atoms with Crippen LogP contribution < -0.4 is 5.32 Å². The minimum Gasteiger partial charge on any atom is -0.359 e. The molecule has 1 spiro atoms. The van der Waals surface area contributed by atoms with Crippen LogP contribution in [0.1, 0.15) is 56.7 Å². The molecule has 0 unspecified atom stereocenters. The Morgan fingerprint density at radius 1 is 0.969 bits per heavy atom. The van der Waals surface area contributed by atoms with E-state index in [4.69, 9.17) is 12.2 Å². The Morgan fingerprint density at radius 3 is 2.16 bits per heavy atom. The number of piperidine rings is 1. The molecule has 1 N–H and O–H groups in total. The first-order valence-electron chi connectivity index (χ1n) is 11.4. The van der Waals surface area contributed by atoms with Gasteiger partial charge >= 0.3 is 0 Å². The summed E-state index contributed by atoms with van der Waals surface area (Å²) in [6.45, 7) is 5.07. The summed E-state index contributed by atoms with van der Waals surface area (Å²) in [6.07, 6.45) is 5.24. The highest BCUT2D eigenvalue weighted by Gasteiger charge is 2.42. The topological polar surface area (TPSA) is 52.7 Å². The molecule has 0 bridgehead atoms. The number of hydrogen-bond donors (Lipinski definition) is 1. The van der Waals surface area contributed by atoms with Gasteiger partial charge in [0.25, 0.3) is 5.91 Å². The number of hydrogen-bond acceptors (Lipinski definition) is 4. The van der Waals surface area contributed by atoms with E-state index in [-0.39, 0.29) is 17.1 Å². The minimum absolute atomic E-state index is 0.0174. The SMILES string of the molecule is CC(=O)c1ccc(C(=O)N2CCC3(CC2)CCN(C(=S)NC2Cc4ccccc4C2)C3)s1. The van der Waals surface area contributed by atoms with E-state index in [1.165, 1.54) is 22.5 Å². The maximum absolute atomic E-state index is 12.9. The zero-order valence-electron chi connectivity index (χ0n) is 18.4. The van der Waals surface area contributed by atoms with Crippen molar-refractivity contribution >= 4 is 40.4 Å². The lowest BCUT2D eigenvalue weighted by atomic mass is 9.78. The van der Waals surface area contributed by atoms with Crippen molar-refractivity contribution in [3.05, 3.63) is 57.3 Å². The Morgan fingerprint density at radius 2 is 1.56 bits per heavy atom. The van der Waals surface area contributed by atoms with E-state index in [0.29, 0.717) is 15.8 Å². The van der Waals surface area contributed by atoms with Crippen molar-refractivity contribution in [1.82, 2.24) is 15.1 Å². The molecule has 32 heavy (non-hydrogen) atoms. The van der Waals surface area contributed by atoms with Crippen LogP contribution in [0, 0.1) is 5.41 Å². The number of Topliss-reactive ketones (excluding diaryl/α,β-unsaturated/α-hetero) is 1. The second kappa shape index (κ2) is 8.60. The van der Waals surface area contributed by atoms with Gasteiger partial charge in [0, 0.05) is 32.2 Å². The van der Waals surface area contributed by atoms with Crippen molar-refractivity contribution in [2.75, 3.05) is 26.2 Å². The first-order chi connectivity index (χ1) is 15.4. The number of thiocarbonyl (C=S) groups is 1. The summed E-state index contributed by atoms with van der Waals surface area (Å²) in [5, 5.41) is 4.50. The molecular weight excluding hydrogens is 438 g/mol. The van der Waals surface area contributed by atoms with Gasteiger partial charge in [-0.05, 0) is 79.9 Å². The molecule has 2 aromatic rings. The normalized spacial score (nSPS) is 19.9. The molecule has 0 atom stereocenters. The highest BCUT2D eigenvalue weighted by Crippen LogP contribution is 2.41. The van der Waals surface area contributed by atoms with Crippen molar-refractivity contribution in [2.24, 2.45) is 5.41 Å². The van der Waals surface area contributed by atoms with E-state index >= 15 is 0 Å². The Hall–Kier alpha value is -2.25. The standard InChI is InChI=1S/C25H29N3O2S2/c1-17(29)21-6-7-22(32-21)23(30)27-11-8-25(9-12-27)10-13-28(16-25)24(31)26-20-14-18-4-2-3-5-19(18)15-20/h2-7,20H,8-16H2,1H3,(H,26,31). The third-order valence-corrected chi connectivity index (χ3v) is 8.93. The molecule has 2 aliphatic heterocycles. The lowest BCUT2D eigenvalue weighted by Crippen LogP contribution is -2.47. The number of likely N-dealkylation sites (tertiary alicyclic amines) is 2. The van der Waals surface area contributed by atoms with Gasteiger partial charge in [-0.15, -0.1) is 11.3 Å². The molecular formula is C25H29N3O2S2. The molecule has 2 saturated heterocycles. The molecule has 5 rings (SSSR count). The molecule has 1 amide bonds. The van der Waals surface area contributed by atoms with Gasteiger partial charge in [-0.25, -0.2) is 0 Å². The summed E-state index contributed by atoms with van der Waals surface area (Å²) in [4.78, 5) is 30.0. The highest BCUT2D eigenvalue weighted by molar-refractivity contribution is 7.80.